The van der Waals surface area contributed by atoms with E-state index in [1.807, 2.05) is 13.8 Å². The fraction of sp³-hybridized carbons (Fsp3) is 0.385. The number of nitrogens with zero attached hydrogens (tertiary/aromatic N) is 1. The SMILES string of the molecule is CCOc1ccc(/C(O)=C2\C(=O)C(=O)N(C3CCCCC3)C2c2ccccc2F)cc1C. The number of hydrogen-bond donors (Lipinski definition) is 1. The third kappa shape index (κ3) is 3.90. The number of aliphatic hydroxyl groups is 1. The minimum absolute atomic E-state index is 0.0609. The van der Waals surface area contributed by atoms with E-state index in [0.29, 0.717) is 17.9 Å². The quantitative estimate of drug-likeness (QED) is 0.392. The molecule has 32 heavy (non-hydrogen) atoms. The second-order valence-corrected chi connectivity index (χ2v) is 8.43. The molecule has 2 aromatic carbocycles. The van der Waals surface area contributed by atoms with Gasteiger partial charge in [-0.1, -0.05) is 37.5 Å². The van der Waals surface area contributed by atoms with Crippen molar-refractivity contribution in [3.8, 4) is 5.75 Å². The molecule has 2 aliphatic rings. The van der Waals surface area contributed by atoms with Crippen molar-refractivity contribution in [2.24, 2.45) is 0 Å². The van der Waals surface area contributed by atoms with Crippen LogP contribution in [0.25, 0.3) is 5.76 Å². The number of hydrogen-bond acceptors (Lipinski definition) is 4. The molecule has 1 unspecified atom stereocenters. The molecule has 0 bridgehead atoms. The predicted octanol–water partition coefficient (Wildman–Crippen LogP) is 5.29. The first-order valence-corrected chi connectivity index (χ1v) is 11.2. The highest BCUT2D eigenvalue weighted by Crippen LogP contribution is 2.43. The van der Waals surface area contributed by atoms with E-state index in [0.717, 1.165) is 37.7 Å². The van der Waals surface area contributed by atoms with Crippen LogP contribution in [0.1, 0.15) is 61.8 Å². The number of ketones is 1. The van der Waals surface area contributed by atoms with Gasteiger partial charge in [0.1, 0.15) is 17.3 Å². The van der Waals surface area contributed by atoms with Crippen molar-refractivity contribution in [1.82, 2.24) is 4.90 Å². The Balaban J connectivity index is 1.86. The minimum Gasteiger partial charge on any atom is -0.507 e. The van der Waals surface area contributed by atoms with Crippen molar-refractivity contribution in [1.29, 1.82) is 0 Å². The van der Waals surface area contributed by atoms with Gasteiger partial charge in [0, 0.05) is 17.2 Å². The molecular formula is C26H28FNO4. The van der Waals surface area contributed by atoms with E-state index in [4.69, 9.17) is 4.74 Å². The third-order valence-electron chi connectivity index (χ3n) is 6.40. The van der Waals surface area contributed by atoms with Gasteiger partial charge in [-0.05, 0) is 56.5 Å². The van der Waals surface area contributed by atoms with Gasteiger partial charge in [0.15, 0.2) is 0 Å². The van der Waals surface area contributed by atoms with Crippen LogP contribution in [0.15, 0.2) is 48.0 Å². The highest BCUT2D eigenvalue weighted by Gasteiger charge is 2.49. The van der Waals surface area contributed by atoms with E-state index in [2.05, 4.69) is 0 Å². The van der Waals surface area contributed by atoms with Crippen LogP contribution in [0, 0.1) is 12.7 Å². The molecule has 6 heteroatoms. The molecule has 4 rings (SSSR count). The molecule has 1 saturated carbocycles. The summed E-state index contributed by atoms with van der Waals surface area (Å²) in [5.74, 6) is -1.56. The Morgan fingerprint density at radius 1 is 1.12 bits per heavy atom. The van der Waals surface area contributed by atoms with Crippen LogP contribution in [0.5, 0.6) is 5.75 Å². The lowest BCUT2D eigenvalue weighted by atomic mass is 9.90. The molecule has 1 saturated heterocycles. The summed E-state index contributed by atoms with van der Waals surface area (Å²) >= 11 is 0. The molecule has 1 aliphatic heterocycles. The summed E-state index contributed by atoms with van der Waals surface area (Å²) in [7, 11) is 0. The second kappa shape index (κ2) is 9.15. The maximum atomic E-state index is 14.9. The van der Waals surface area contributed by atoms with Crippen molar-refractivity contribution >= 4 is 17.4 Å². The largest absolute Gasteiger partial charge is 0.507 e. The minimum atomic E-state index is -0.953. The predicted molar refractivity (Wildman–Crippen MR) is 120 cm³/mol. The molecule has 0 radical (unpaired) electrons. The van der Waals surface area contributed by atoms with Crippen molar-refractivity contribution < 1.29 is 23.8 Å². The van der Waals surface area contributed by atoms with Crippen LogP contribution in [0.4, 0.5) is 4.39 Å². The Labute approximate surface area is 187 Å². The lowest BCUT2D eigenvalue weighted by Gasteiger charge is -2.35. The molecule has 5 nitrogen and oxygen atoms in total. The molecule has 0 spiro atoms. The highest BCUT2D eigenvalue weighted by atomic mass is 19.1. The molecule has 1 amide bonds. The zero-order valence-corrected chi connectivity index (χ0v) is 18.4. The van der Waals surface area contributed by atoms with Crippen LogP contribution < -0.4 is 4.74 Å². The number of likely N-dealkylation sites (tertiary alicyclic amines) is 1. The van der Waals surface area contributed by atoms with Crippen LogP contribution >= 0.6 is 0 Å². The molecule has 1 atom stereocenters. The van der Waals surface area contributed by atoms with Crippen LogP contribution in [0.3, 0.4) is 0 Å². The molecule has 2 fully saturated rings. The van der Waals surface area contributed by atoms with Crippen molar-refractivity contribution in [2.75, 3.05) is 6.61 Å². The number of aliphatic hydroxyl groups excluding tert-OH is 1. The molecule has 0 aromatic heterocycles. The van der Waals surface area contributed by atoms with Gasteiger partial charge in [0.05, 0.1) is 18.2 Å². The number of carbonyl (C=O) groups is 2. The van der Waals surface area contributed by atoms with Crippen LogP contribution in [0.2, 0.25) is 0 Å². The summed E-state index contributed by atoms with van der Waals surface area (Å²) in [6, 6.07) is 10.1. The average Bonchev–Trinajstić information content (AvgIpc) is 3.06. The normalized spacial score (nSPS) is 21.2. The van der Waals surface area contributed by atoms with Gasteiger partial charge in [-0.3, -0.25) is 9.59 Å². The third-order valence-corrected chi connectivity index (χ3v) is 6.40. The smallest absolute Gasteiger partial charge is 0.295 e. The Hall–Kier alpha value is -3.15. The van der Waals surface area contributed by atoms with E-state index in [-0.39, 0.29) is 22.9 Å². The number of aryl methyl sites for hydroxylation is 1. The van der Waals surface area contributed by atoms with E-state index in [1.54, 1.807) is 36.4 Å². The Morgan fingerprint density at radius 2 is 1.84 bits per heavy atom. The fourth-order valence-electron chi connectivity index (χ4n) is 4.86. The standard InChI is InChI=1S/C26H28FNO4/c1-3-32-21-14-13-17(15-16(21)2)24(29)22-23(19-11-7-8-12-20(19)27)28(26(31)25(22)30)18-9-5-4-6-10-18/h7-8,11-15,18,23,29H,3-6,9-10H2,1-2H3/b24-22+. The van der Waals surface area contributed by atoms with Crippen molar-refractivity contribution in [3.63, 3.8) is 0 Å². The van der Waals surface area contributed by atoms with Crippen LogP contribution in [-0.4, -0.2) is 34.3 Å². The summed E-state index contributed by atoms with van der Waals surface area (Å²) < 4.78 is 20.5. The number of Topliss-reactive ketones (excluding diaryl/α,β-unsaturated/α-hetero) is 1. The van der Waals surface area contributed by atoms with Gasteiger partial charge >= 0.3 is 0 Å². The summed E-state index contributed by atoms with van der Waals surface area (Å²) in [6.07, 6.45) is 4.52. The summed E-state index contributed by atoms with van der Waals surface area (Å²) in [4.78, 5) is 27.8. The van der Waals surface area contributed by atoms with Gasteiger partial charge in [-0.2, -0.15) is 0 Å². The van der Waals surface area contributed by atoms with Crippen molar-refractivity contribution in [2.45, 2.75) is 58.0 Å². The zero-order chi connectivity index (χ0) is 22.8. The average molecular weight is 438 g/mol. The van der Waals surface area contributed by atoms with Crippen LogP contribution in [-0.2, 0) is 9.59 Å². The van der Waals surface area contributed by atoms with Gasteiger partial charge < -0.3 is 14.7 Å². The maximum Gasteiger partial charge on any atom is 0.295 e. The fourth-order valence-corrected chi connectivity index (χ4v) is 4.86. The molecule has 168 valence electrons. The van der Waals surface area contributed by atoms with Gasteiger partial charge in [0.25, 0.3) is 11.7 Å². The number of halogens is 1. The molecule has 1 heterocycles. The molecule has 1 N–H and O–H groups in total. The maximum absolute atomic E-state index is 14.9. The monoisotopic (exact) mass is 437 g/mol. The van der Waals surface area contributed by atoms with E-state index >= 15 is 0 Å². The summed E-state index contributed by atoms with van der Waals surface area (Å²) in [5.41, 5.74) is 1.35. The lowest BCUT2D eigenvalue weighted by molar-refractivity contribution is -0.141. The molecule has 1 aliphatic carbocycles. The number of carbonyl (C=O) groups excluding carboxylic acids is 2. The lowest BCUT2D eigenvalue weighted by Crippen LogP contribution is -2.40. The first kappa shape index (κ1) is 22.1. The van der Waals surface area contributed by atoms with Gasteiger partial charge in [-0.15, -0.1) is 0 Å². The molecule has 2 aromatic rings. The first-order chi connectivity index (χ1) is 15.4. The number of rotatable bonds is 5. The van der Waals surface area contributed by atoms with Crippen molar-refractivity contribution in [3.05, 3.63) is 70.5 Å². The highest BCUT2D eigenvalue weighted by molar-refractivity contribution is 6.46. The second-order valence-electron chi connectivity index (χ2n) is 8.43. The Bertz CT molecular complexity index is 1070. The number of benzene rings is 2. The Morgan fingerprint density at radius 3 is 2.50 bits per heavy atom. The zero-order valence-electron chi connectivity index (χ0n) is 18.4. The summed E-state index contributed by atoms with van der Waals surface area (Å²) in [6.45, 7) is 4.23. The topological polar surface area (TPSA) is 66.8 Å². The first-order valence-electron chi connectivity index (χ1n) is 11.2. The van der Waals surface area contributed by atoms with E-state index in [9.17, 15) is 19.1 Å². The van der Waals surface area contributed by atoms with Gasteiger partial charge in [0.2, 0.25) is 0 Å². The Kier molecular flexibility index (Phi) is 6.31. The summed E-state index contributed by atoms with van der Waals surface area (Å²) in [5, 5.41) is 11.2. The van der Waals surface area contributed by atoms with E-state index in [1.165, 1.54) is 11.0 Å². The van der Waals surface area contributed by atoms with E-state index < -0.39 is 23.5 Å². The number of amides is 1. The number of ether oxygens (including phenoxy) is 1. The van der Waals surface area contributed by atoms with Gasteiger partial charge in [-0.25, -0.2) is 4.39 Å². The molecular weight excluding hydrogens is 409 g/mol.